The Morgan fingerprint density at radius 2 is 1.55 bits per heavy atom. The van der Waals surface area contributed by atoms with Gasteiger partial charge < -0.3 is 19.0 Å². The minimum Gasteiger partial charge on any atom is -0.507 e. The van der Waals surface area contributed by atoms with Crippen LogP contribution in [0.5, 0.6) is 5.75 Å². The second-order valence-corrected chi connectivity index (χ2v) is 8.00. The van der Waals surface area contributed by atoms with Gasteiger partial charge in [-0.15, -0.1) is 0 Å². The molecule has 0 spiro atoms. The van der Waals surface area contributed by atoms with Crippen molar-refractivity contribution >= 4 is 5.78 Å². The van der Waals surface area contributed by atoms with Gasteiger partial charge in [-0.3, -0.25) is 9.59 Å². The number of carbonyl (C=O) groups is 1. The average Bonchev–Trinajstić information content (AvgIpc) is 2.68. The van der Waals surface area contributed by atoms with Crippen molar-refractivity contribution in [2.45, 2.75) is 59.3 Å². The minimum absolute atomic E-state index is 0.127. The molecule has 7 nitrogen and oxygen atoms in total. The first-order chi connectivity index (χ1) is 13.5. The Morgan fingerprint density at radius 3 is 2.10 bits per heavy atom. The van der Waals surface area contributed by atoms with Gasteiger partial charge in [0, 0.05) is 22.6 Å². The molecule has 29 heavy (non-hydrogen) atoms. The van der Waals surface area contributed by atoms with E-state index in [1.165, 1.54) is 0 Å². The third-order valence-electron chi connectivity index (χ3n) is 6.53. The third-order valence-corrected chi connectivity index (χ3v) is 6.53. The smallest absolute Gasteiger partial charge is 0.343 e. The van der Waals surface area contributed by atoms with Gasteiger partial charge in [-0.05, 0) is 41.0 Å². The number of fused-ring (bicyclic) bond motifs is 1. The Bertz CT molecular complexity index is 1120. The van der Waals surface area contributed by atoms with Crippen molar-refractivity contribution in [3.8, 4) is 5.75 Å². The maximum absolute atomic E-state index is 13.4. The predicted molar refractivity (Wildman–Crippen MR) is 106 cm³/mol. The van der Waals surface area contributed by atoms with E-state index in [2.05, 4.69) is 0 Å². The lowest BCUT2D eigenvalue weighted by Gasteiger charge is -2.40. The molecule has 2 aromatic heterocycles. The highest BCUT2D eigenvalue weighted by Gasteiger charge is 2.53. The Balaban J connectivity index is 2.53. The van der Waals surface area contributed by atoms with Crippen LogP contribution in [0.1, 0.15) is 65.7 Å². The van der Waals surface area contributed by atoms with E-state index in [1.807, 2.05) is 0 Å². The highest BCUT2D eigenvalue weighted by molar-refractivity contribution is 5.94. The molecular formula is C22H26O7. The van der Waals surface area contributed by atoms with Crippen LogP contribution in [0.3, 0.4) is 0 Å². The monoisotopic (exact) mass is 402 g/mol. The van der Waals surface area contributed by atoms with Gasteiger partial charge in [-0.1, -0.05) is 6.92 Å². The maximum Gasteiger partial charge on any atom is 0.343 e. The number of aliphatic hydroxyl groups excluding tert-OH is 1. The van der Waals surface area contributed by atoms with Crippen LogP contribution in [-0.2, 0) is 10.2 Å². The van der Waals surface area contributed by atoms with Crippen LogP contribution >= 0.6 is 0 Å². The van der Waals surface area contributed by atoms with E-state index in [9.17, 15) is 24.6 Å². The van der Waals surface area contributed by atoms with Gasteiger partial charge in [-0.2, -0.15) is 0 Å². The van der Waals surface area contributed by atoms with Gasteiger partial charge in [0.15, 0.2) is 11.2 Å². The quantitative estimate of drug-likeness (QED) is 0.810. The zero-order valence-electron chi connectivity index (χ0n) is 17.5. The molecule has 3 unspecified atom stereocenters. The lowest BCUT2D eigenvalue weighted by molar-refractivity contribution is -0.131. The molecule has 156 valence electrons. The van der Waals surface area contributed by atoms with Gasteiger partial charge in [0.2, 0.25) is 0 Å². The molecule has 0 radical (unpaired) electrons. The third kappa shape index (κ3) is 2.79. The number of ketones is 1. The number of aryl methyl sites for hydroxylation is 2. The SMILES string of the molecule is CCC1(C)C(=O)C(CO)C(c2c(O)c(C)c(C)oc2=O)c2c1oc(C)c(C)c2=O. The fraction of sp³-hybridized carbons (Fsp3) is 0.500. The van der Waals surface area contributed by atoms with Crippen molar-refractivity contribution in [3.63, 3.8) is 0 Å². The zero-order chi connectivity index (χ0) is 21.8. The molecule has 2 N–H and O–H groups in total. The molecule has 0 bridgehead atoms. The first kappa shape index (κ1) is 21.0. The Labute approximate surface area is 168 Å². The van der Waals surface area contributed by atoms with Gasteiger partial charge in [0.25, 0.3) is 0 Å². The molecule has 1 aliphatic rings. The first-order valence-electron chi connectivity index (χ1n) is 9.64. The maximum atomic E-state index is 13.4. The van der Waals surface area contributed by atoms with E-state index in [4.69, 9.17) is 8.83 Å². The molecular weight excluding hydrogens is 376 g/mol. The summed E-state index contributed by atoms with van der Waals surface area (Å²) in [4.78, 5) is 39.4. The summed E-state index contributed by atoms with van der Waals surface area (Å²) in [6.45, 7) is 9.26. The molecule has 3 rings (SSSR count). The number of carbonyl (C=O) groups excluding carboxylic acids is 1. The number of aliphatic hydroxyl groups is 1. The van der Waals surface area contributed by atoms with E-state index in [0.29, 0.717) is 23.3 Å². The fourth-order valence-electron chi connectivity index (χ4n) is 4.19. The van der Waals surface area contributed by atoms with Gasteiger partial charge >= 0.3 is 5.63 Å². The summed E-state index contributed by atoms with van der Waals surface area (Å²) >= 11 is 0. The molecule has 0 amide bonds. The molecule has 0 aromatic carbocycles. The molecule has 0 aliphatic heterocycles. The molecule has 1 aliphatic carbocycles. The van der Waals surface area contributed by atoms with E-state index in [0.717, 1.165) is 0 Å². The number of hydrogen-bond acceptors (Lipinski definition) is 7. The predicted octanol–water partition coefficient (Wildman–Crippen LogP) is 2.52. The van der Waals surface area contributed by atoms with Crippen LogP contribution in [0.2, 0.25) is 0 Å². The lowest BCUT2D eigenvalue weighted by Crippen LogP contribution is -2.49. The van der Waals surface area contributed by atoms with E-state index in [-0.39, 0.29) is 39.6 Å². The van der Waals surface area contributed by atoms with E-state index >= 15 is 0 Å². The Hall–Kier alpha value is -2.67. The molecule has 3 atom stereocenters. The van der Waals surface area contributed by atoms with Crippen LogP contribution in [-0.4, -0.2) is 22.6 Å². The highest BCUT2D eigenvalue weighted by atomic mass is 16.4. The van der Waals surface area contributed by atoms with Crippen molar-refractivity contribution in [3.05, 3.63) is 60.2 Å². The Kier molecular flexibility index (Phi) is 5.07. The van der Waals surface area contributed by atoms with Crippen molar-refractivity contribution < 1.29 is 23.8 Å². The highest BCUT2D eigenvalue weighted by Crippen LogP contribution is 2.48. The summed E-state index contributed by atoms with van der Waals surface area (Å²) in [5.41, 5.74) is -1.72. The van der Waals surface area contributed by atoms with Crippen LogP contribution in [0, 0.1) is 33.6 Å². The number of aromatic hydroxyl groups is 1. The van der Waals surface area contributed by atoms with Gasteiger partial charge in [-0.25, -0.2) is 4.79 Å². The van der Waals surface area contributed by atoms with E-state index in [1.54, 1.807) is 41.5 Å². The number of rotatable bonds is 3. The van der Waals surface area contributed by atoms with Crippen molar-refractivity contribution in [1.82, 2.24) is 0 Å². The summed E-state index contributed by atoms with van der Waals surface area (Å²) in [5, 5.41) is 20.9. The standard InChI is InChI=1S/C22H26O7/c1-7-22(6)19(26)13(8-23)14(15-17(24)9(2)11(4)28-20(15)22)16-18(25)10(3)12(5)29-21(16)27/h13-14,23,25H,7-8H2,1-6H3. The minimum atomic E-state index is -1.16. The molecule has 7 heteroatoms. The first-order valence-corrected chi connectivity index (χ1v) is 9.64. The lowest BCUT2D eigenvalue weighted by atomic mass is 9.62. The molecule has 0 saturated carbocycles. The number of hydrogen-bond donors (Lipinski definition) is 2. The van der Waals surface area contributed by atoms with Gasteiger partial charge in [0.05, 0.1) is 23.5 Å². The van der Waals surface area contributed by atoms with Crippen molar-refractivity contribution in [2.24, 2.45) is 5.92 Å². The largest absolute Gasteiger partial charge is 0.507 e. The fourth-order valence-corrected chi connectivity index (χ4v) is 4.19. The second-order valence-electron chi connectivity index (χ2n) is 8.00. The molecule has 0 saturated heterocycles. The van der Waals surface area contributed by atoms with Gasteiger partial charge in [0.1, 0.15) is 23.0 Å². The summed E-state index contributed by atoms with van der Waals surface area (Å²) in [5.74, 6) is -2.11. The van der Waals surface area contributed by atoms with Crippen LogP contribution < -0.4 is 11.1 Å². The molecule has 0 fully saturated rings. The second kappa shape index (κ2) is 6.99. The normalized spacial score (nSPS) is 23.9. The van der Waals surface area contributed by atoms with Crippen LogP contribution in [0.25, 0.3) is 0 Å². The van der Waals surface area contributed by atoms with Crippen molar-refractivity contribution in [2.75, 3.05) is 6.61 Å². The summed E-state index contributed by atoms with van der Waals surface area (Å²) in [6, 6.07) is 0. The summed E-state index contributed by atoms with van der Waals surface area (Å²) in [6.07, 6.45) is 0.348. The van der Waals surface area contributed by atoms with Crippen LogP contribution in [0.4, 0.5) is 0 Å². The Morgan fingerprint density at radius 1 is 0.966 bits per heavy atom. The molecule has 2 heterocycles. The average molecular weight is 402 g/mol. The topological polar surface area (TPSA) is 118 Å². The number of Topliss-reactive ketones (excluding diaryl/α,β-unsaturated/α-hetero) is 1. The summed E-state index contributed by atoms with van der Waals surface area (Å²) in [7, 11) is 0. The summed E-state index contributed by atoms with van der Waals surface area (Å²) < 4.78 is 11.2. The zero-order valence-corrected chi connectivity index (χ0v) is 17.5. The van der Waals surface area contributed by atoms with Crippen molar-refractivity contribution in [1.29, 1.82) is 0 Å². The molecule has 2 aromatic rings. The van der Waals surface area contributed by atoms with Crippen LogP contribution in [0.15, 0.2) is 18.4 Å². The van der Waals surface area contributed by atoms with E-state index < -0.39 is 29.5 Å².